The summed E-state index contributed by atoms with van der Waals surface area (Å²) in [6.45, 7) is 0. The van der Waals surface area contributed by atoms with E-state index in [1.54, 1.807) is 18.2 Å². The first kappa shape index (κ1) is 14.3. The predicted molar refractivity (Wildman–Crippen MR) is 75.4 cm³/mol. The lowest BCUT2D eigenvalue weighted by Gasteiger charge is -2.18. The lowest BCUT2D eigenvalue weighted by molar-refractivity contribution is -0.142. The molecule has 1 aliphatic rings. The molecule has 19 heavy (non-hydrogen) atoms. The van der Waals surface area contributed by atoms with Crippen LogP contribution in [0.4, 0.5) is 0 Å². The van der Waals surface area contributed by atoms with Crippen LogP contribution in [0.5, 0.6) is 0 Å². The Morgan fingerprint density at radius 2 is 2.11 bits per heavy atom. The number of aliphatic carboxylic acids is 1. The monoisotopic (exact) mass is 345 g/mol. The molecule has 0 aromatic heterocycles. The van der Waals surface area contributed by atoms with Gasteiger partial charge in [-0.05, 0) is 31.0 Å². The summed E-state index contributed by atoms with van der Waals surface area (Å²) in [4.78, 5) is 23.2. The summed E-state index contributed by atoms with van der Waals surface area (Å²) in [5, 5.41) is 12.2. The zero-order chi connectivity index (χ0) is 14.0. The molecule has 0 aliphatic heterocycles. The Hall–Kier alpha value is -1.07. The van der Waals surface area contributed by atoms with Crippen molar-refractivity contribution in [1.82, 2.24) is 5.32 Å². The maximum absolute atomic E-state index is 12.1. The van der Waals surface area contributed by atoms with Crippen molar-refractivity contribution in [2.75, 3.05) is 0 Å². The van der Waals surface area contributed by atoms with Crippen molar-refractivity contribution in [3.8, 4) is 0 Å². The van der Waals surface area contributed by atoms with Gasteiger partial charge in [0.25, 0.3) is 5.91 Å². The standard InChI is InChI=1S/C13H13BrClNO3/c14-7-4-5-10(15)9(6-7)12(17)16-11-3-1-2-8(11)13(18)19/h4-6,8,11H,1-3H2,(H,16,17)(H,18,19). The molecule has 102 valence electrons. The van der Waals surface area contributed by atoms with Gasteiger partial charge in [0.05, 0.1) is 16.5 Å². The number of carboxylic acid groups (broad SMARTS) is 1. The number of rotatable bonds is 3. The van der Waals surface area contributed by atoms with E-state index in [-0.39, 0.29) is 11.9 Å². The van der Waals surface area contributed by atoms with E-state index in [4.69, 9.17) is 16.7 Å². The summed E-state index contributed by atoms with van der Waals surface area (Å²) >= 11 is 9.26. The van der Waals surface area contributed by atoms with Gasteiger partial charge in [0, 0.05) is 10.5 Å². The minimum atomic E-state index is -0.858. The average Bonchev–Trinajstić information content (AvgIpc) is 2.80. The molecular weight excluding hydrogens is 334 g/mol. The van der Waals surface area contributed by atoms with Crippen LogP contribution >= 0.6 is 27.5 Å². The highest BCUT2D eigenvalue weighted by Gasteiger charge is 2.34. The van der Waals surface area contributed by atoms with Gasteiger partial charge in [0.2, 0.25) is 0 Å². The average molecular weight is 347 g/mol. The molecule has 1 fully saturated rings. The number of hydrogen-bond donors (Lipinski definition) is 2. The van der Waals surface area contributed by atoms with Gasteiger partial charge in [0.1, 0.15) is 0 Å². The fourth-order valence-corrected chi connectivity index (χ4v) is 2.91. The molecule has 2 N–H and O–H groups in total. The van der Waals surface area contributed by atoms with Gasteiger partial charge >= 0.3 is 5.97 Å². The normalized spacial score (nSPS) is 22.2. The molecule has 0 spiro atoms. The van der Waals surface area contributed by atoms with Crippen LogP contribution in [0, 0.1) is 5.92 Å². The number of carboxylic acids is 1. The summed E-state index contributed by atoms with van der Waals surface area (Å²) in [6, 6.07) is 4.68. The fourth-order valence-electron chi connectivity index (χ4n) is 2.35. The Balaban J connectivity index is 2.12. The first-order valence-corrected chi connectivity index (χ1v) is 7.15. The molecule has 6 heteroatoms. The van der Waals surface area contributed by atoms with Gasteiger partial charge in [-0.2, -0.15) is 0 Å². The summed E-state index contributed by atoms with van der Waals surface area (Å²) in [6.07, 6.45) is 2.11. The highest BCUT2D eigenvalue weighted by Crippen LogP contribution is 2.27. The molecule has 2 unspecified atom stereocenters. The number of benzene rings is 1. The first-order chi connectivity index (χ1) is 8.99. The van der Waals surface area contributed by atoms with Gasteiger partial charge < -0.3 is 10.4 Å². The maximum atomic E-state index is 12.1. The van der Waals surface area contributed by atoms with Crippen LogP contribution in [0.25, 0.3) is 0 Å². The molecule has 0 heterocycles. The second-order valence-electron chi connectivity index (χ2n) is 4.58. The van der Waals surface area contributed by atoms with E-state index in [2.05, 4.69) is 21.2 Å². The van der Waals surface area contributed by atoms with Crippen molar-refractivity contribution in [2.24, 2.45) is 5.92 Å². The van der Waals surface area contributed by atoms with Crippen LogP contribution in [-0.4, -0.2) is 23.0 Å². The van der Waals surface area contributed by atoms with Crippen LogP contribution in [0.3, 0.4) is 0 Å². The van der Waals surface area contributed by atoms with Crippen molar-refractivity contribution in [3.63, 3.8) is 0 Å². The van der Waals surface area contributed by atoms with E-state index in [1.807, 2.05) is 0 Å². The van der Waals surface area contributed by atoms with Crippen LogP contribution < -0.4 is 5.32 Å². The summed E-state index contributed by atoms with van der Waals surface area (Å²) < 4.78 is 0.753. The fraction of sp³-hybridized carbons (Fsp3) is 0.385. The number of nitrogens with one attached hydrogen (secondary N) is 1. The predicted octanol–water partition coefficient (Wildman–Crippen LogP) is 3.09. The summed E-state index contributed by atoms with van der Waals surface area (Å²) in [5.74, 6) is -1.69. The van der Waals surface area contributed by atoms with E-state index in [0.29, 0.717) is 23.4 Å². The molecule has 0 radical (unpaired) electrons. The first-order valence-electron chi connectivity index (χ1n) is 5.98. The molecule has 2 rings (SSSR count). The van der Waals surface area contributed by atoms with E-state index < -0.39 is 11.9 Å². The molecule has 2 atom stereocenters. The van der Waals surface area contributed by atoms with Crippen molar-refractivity contribution in [2.45, 2.75) is 25.3 Å². The van der Waals surface area contributed by atoms with Gasteiger partial charge in [0.15, 0.2) is 0 Å². The Kier molecular flexibility index (Phi) is 4.47. The third-order valence-corrected chi connectivity index (χ3v) is 4.15. The highest BCUT2D eigenvalue weighted by molar-refractivity contribution is 9.10. The SMILES string of the molecule is O=C(NC1CCCC1C(=O)O)c1cc(Br)ccc1Cl. The van der Waals surface area contributed by atoms with Crippen LogP contribution in [0.2, 0.25) is 5.02 Å². The minimum absolute atomic E-state index is 0.319. The third kappa shape index (κ3) is 3.28. The molecule has 4 nitrogen and oxygen atoms in total. The van der Waals surface area contributed by atoms with Crippen molar-refractivity contribution >= 4 is 39.4 Å². The molecule has 1 aliphatic carbocycles. The zero-order valence-electron chi connectivity index (χ0n) is 10.0. The van der Waals surface area contributed by atoms with Gasteiger partial charge in [-0.1, -0.05) is 34.0 Å². The topological polar surface area (TPSA) is 66.4 Å². The van der Waals surface area contributed by atoms with Gasteiger partial charge in [-0.3, -0.25) is 9.59 Å². The molecule has 1 aromatic rings. The molecule has 1 saturated carbocycles. The van der Waals surface area contributed by atoms with Crippen LogP contribution in [-0.2, 0) is 4.79 Å². The van der Waals surface area contributed by atoms with Crippen molar-refractivity contribution in [1.29, 1.82) is 0 Å². The Bertz CT molecular complexity index is 521. The number of amides is 1. The third-order valence-electron chi connectivity index (χ3n) is 3.32. The van der Waals surface area contributed by atoms with E-state index in [0.717, 1.165) is 10.9 Å². The van der Waals surface area contributed by atoms with Crippen molar-refractivity contribution in [3.05, 3.63) is 33.3 Å². The lowest BCUT2D eigenvalue weighted by Crippen LogP contribution is -2.40. The van der Waals surface area contributed by atoms with Gasteiger partial charge in [-0.15, -0.1) is 0 Å². The number of carbonyl (C=O) groups is 2. The molecular formula is C13H13BrClNO3. The number of hydrogen-bond acceptors (Lipinski definition) is 2. The molecule has 0 bridgehead atoms. The van der Waals surface area contributed by atoms with E-state index >= 15 is 0 Å². The largest absolute Gasteiger partial charge is 0.481 e. The van der Waals surface area contributed by atoms with E-state index in [1.165, 1.54) is 0 Å². The van der Waals surface area contributed by atoms with E-state index in [9.17, 15) is 9.59 Å². The van der Waals surface area contributed by atoms with Crippen LogP contribution in [0.15, 0.2) is 22.7 Å². The Morgan fingerprint density at radius 3 is 2.79 bits per heavy atom. The molecule has 0 saturated heterocycles. The Labute approximate surface area is 124 Å². The number of carbonyl (C=O) groups excluding carboxylic acids is 1. The smallest absolute Gasteiger partial charge is 0.308 e. The summed E-state index contributed by atoms with van der Waals surface area (Å²) in [5.41, 5.74) is 0.354. The molecule has 1 aromatic carbocycles. The lowest BCUT2D eigenvalue weighted by atomic mass is 10.0. The maximum Gasteiger partial charge on any atom is 0.308 e. The van der Waals surface area contributed by atoms with Crippen LogP contribution in [0.1, 0.15) is 29.6 Å². The molecule has 1 amide bonds. The minimum Gasteiger partial charge on any atom is -0.481 e. The van der Waals surface area contributed by atoms with Gasteiger partial charge in [-0.25, -0.2) is 0 Å². The number of halogens is 2. The van der Waals surface area contributed by atoms with Crippen molar-refractivity contribution < 1.29 is 14.7 Å². The highest BCUT2D eigenvalue weighted by atomic mass is 79.9. The second-order valence-corrected chi connectivity index (χ2v) is 5.90. The summed E-state index contributed by atoms with van der Waals surface area (Å²) in [7, 11) is 0. The quantitative estimate of drug-likeness (QED) is 0.884. The second kappa shape index (κ2) is 5.92. The Morgan fingerprint density at radius 1 is 1.37 bits per heavy atom. The zero-order valence-corrected chi connectivity index (χ0v) is 12.4.